The predicted octanol–water partition coefficient (Wildman–Crippen LogP) is 0.763. The normalized spacial score (nSPS) is 21.2. The fourth-order valence-corrected chi connectivity index (χ4v) is 2.26. The molecule has 2 amide bonds. The van der Waals surface area contributed by atoms with E-state index in [1.54, 1.807) is 11.9 Å². The molecule has 1 saturated heterocycles. The highest BCUT2D eigenvalue weighted by molar-refractivity contribution is 5.77. The van der Waals surface area contributed by atoms with E-state index in [2.05, 4.69) is 0 Å². The third kappa shape index (κ3) is 3.84. The van der Waals surface area contributed by atoms with Crippen LogP contribution in [0.2, 0.25) is 0 Å². The van der Waals surface area contributed by atoms with Crippen LogP contribution in [0.1, 0.15) is 19.8 Å². The minimum absolute atomic E-state index is 0.134. The van der Waals surface area contributed by atoms with Crippen molar-refractivity contribution in [1.29, 1.82) is 5.26 Å². The summed E-state index contributed by atoms with van der Waals surface area (Å²) in [5.74, 6) is -1.63. The molecule has 1 aliphatic rings. The molecule has 7 heteroatoms. The third-order valence-electron chi connectivity index (χ3n) is 3.36. The van der Waals surface area contributed by atoms with Crippen molar-refractivity contribution in [2.75, 3.05) is 33.4 Å². The van der Waals surface area contributed by atoms with Crippen LogP contribution in [-0.2, 0) is 9.53 Å². The van der Waals surface area contributed by atoms with E-state index in [1.807, 2.05) is 13.0 Å². The largest absolute Gasteiger partial charge is 0.481 e. The van der Waals surface area contributed by atoms with Gasteiger partial charge in [-0.3, -0.25) is 4.79 Å². The molecule has 0 aliphatic carbocycles. The fraction of sp³-hybridized carbons (Fsp3) is 0.769. The molecule has 0 spiro atoms. The van der Waals surface area contributed by atoms with E-state index < -0.39 is 17.9 Å². The molecule has 1 N–H and O–H groups in total. The number of ether oxygens (including phenoxy) is 1. The van der Waals surface area contributed by atoms with Crippen LogP contribution >= 0.6 is 0 Å². The highest BCUT2D eigenvalue weighted by Crippen LogP contribution is 2.21. The Morgan fingerprint density at radius 1 is 1.40 bits per heavy atom. The second-order valence-corrected chi connectivity index (χ2v) is 4.86. The smallest absolute Gasteiger partial charge is 0.320 e. The minimum Gasteiger partial charge on any atom is -0.481 e. The number of hydrogen-bond donors (Lipinski definition) is 1. The van der Waals surface area contributed by atoms with Crippen molar-refractivity contribution in [1.82, 2.24) is 9.80 Å². The molecule has 7 nitrogen and oxygen atoms in total. The second-order valence-electron chi connectivity index (χ2n) is 4.86. The van der Waals surface area contributed by atoms with Gasteiger partial charge in [0.25, 0.3) is 0 Å². The average molecular weight is 283 g/mol. The highest BCUT2D eigenvalue weighted by atomic mass is 16.5. The van der Waals surface area contributed by atoms with Crippen LogP contribution in [0.15, 0.2) is 0 Å². The maximum absolute atomic E-state index is 12.4. The molecule has 0 aromatic heterocycles. The van der Waals surface area contributed by atoms with Crippen LogP contribution in [0.25, 0.3) is 0 Å². The molecule has 0 saturated carbocycles. The first-order valence-electron chi connectivity index (χ1n) is 6.72. The lowest BCUT2D eigenvalue weighted by molar-refractivity contribution is -0.142. The van der Waals surface area contributed by atoms with Crippen LogP contribution in [-0.4, -0.2) is 66.3 Å². The number of carboxylic acid groups (broad SMARTS) is 1. The van der Waals surface area contributed by atoms with Crippen molar-refractivity contribution in [3.8, 4) is 6.07 Å². The zero-order valence-corrected chi connectivity index (χ0v) is 11.9. The van der Waals surface area contributed by atoms with E-state index in [0.29, 0.717) is 13.1 Å². The number of nitriles is 1. The molecule has 1 rings (SSSR count). The number of rotatable bonds is 6. The summed E-state index contributed by atoms with van der Waals surface area (Å²) in [5.41, 5.74) is 0. The van der Waals surface area contributed by atoms with Crippen molar-refractivity contribution in [2.24, 2.45) is 5.92 Å². The molecular formula is C13H21N3O4. The van der Waals surface area contributed by atoms with E-state index in [-0.39, 0.29) is 25.7 Å². The second kappa shape index (κ2) is 7.70. The number of aliphatic carboxylic acids is 1. The van der Waals surface area contributed by atoms with Crippen LogP contribution in [0, 0.1) is 17.2 Å². The summed E-state index contributed by atoms with van der Waals surface area (Å²) >= 11 is 0. The molecule has 2 atom stereocenters. The van der Waals surface area contributed by atoms with E-state index in [4.69, 9.17) is 10.00 Å². The Labute approximate surface area is 118 Å². The van der Waals surface area contributed by atoms with Crippen LogP contribution < -0.4 is 0 Å². The maximum atomic E-state index is 12.4. The van der Waals surface area contributed by atoms with Gasteiger partial charge in [0.1, 0.15) is 5.92 Å². The summed E-state index contributed by atoms with van der Waals surface area (Å²) in [5, 5.41) is 17.8. The van der Waals surface area contributed by atoms with Gasteiger partial charge in [0.05, 0.1) is 31.7 Å². The first-order chi connectivity index (χ1) is 9.52. The molecular weight excluding hydrogens is 262 g/mol. The van der Waals surface area contributed by atoms with Crippen LogP contribution in [0.3, 0.4) is 0 Å². The van der Waals surface area contributed by atoms with Gasteiger partial charge in [0, 0.05) is 20.1 Å². The Kier molecular flexibility index (Phi) is 6.25. The van der Waals surface area contributed by atoms with Gasteiger partial charge in [-0.15, -0.1) is 0 Å². The summed E-state index contributed by atoms with van der Waals surface area (Å²) < 4.78 is 5.22. The molecule has 0 radical (unpaired) electrons. The topological polar surface area (TPSA) is 93.9 Å². The minimum atomic E-state index is -0.943. The lowest BCUT2D eigenvalue weighted by Gasteiger charge is -2.33. The van der Waals surface area contributed by atoms with Gasteiger partial charge in [-0.05, 0) is 6.42 Å². The third-order valence-corrected chi connectivity index (χ3v) is 3.36. The SMILES string of the molecule is CCCN(C(=O)N(C)CCC#N)C1COCC1C(=O)O. The van der Waals surface area contributed by atoms with Crippen molar-refractivity contribution in [3.05, 3.63) is 0 Å². The van der Waals surface area contributed by atoms with Gasteiger partial charge in [-0.25, -0.2) is 4.79 Å². The Bertz CT molecular complexity index is 394. The number of hydrogen-bond acceptors (Lipinski definition) is 4. The molecule has 0 bridgehead atoms. The van der Waals surface area contributed by atoms with Crippen molar-refractivity contribution < 1.29 is 19.4 Å². The standard InChI is InChI=1S/C13H21N3O4/c1-3-6-16(13(19)15(2)7-4-5-14)11-9-20-8-10(11)12(17)18/h10-11H,3-4,6-9H2,1-2H3,(H,17,18). The Morgan fingerprint density at radius 3 is 2.65 bits per heavy atom. The lowest BCUT2D eigenvalue weighted by atomic mass is 10.0. The summed E-state index contributed by atoms with van der Waals surface area (Å²) in [6.45, 7) is 3.12. The Hall–Kier alpha value is -1.81. The molecule has 0 aromatic carbocycles. The number of carbonyl (C=O) groups excluding carboxylic acids is 1. The maximum Gasteiger partial charge on any atom is 0.320 e. The Balaban J connectivity index is 2.79. The fourth-order valence-electron chi connectivity index (χ4n) is 2.26. The highest BCUT2D eigenvalue weighted by Gasteiger charge is 2.40. The van der Waals surface area contributed by atoms with Crippen LogP contribution in [0.5, 0.6) is 0 Å². The average Bonchev–Trinajstić information content (AvgIpc) is 2.90. The molecule has 20 heavy (non-hydrogen) atoms. The van der Waals surface area contributed by atoms with E-state index >= 15 is 0 Å². The summed E-state index contributed by atoms with van der Waals surface area (Å²) in [6, 6.07) is 1.30. The van der Waals surface area contributed by atoms with E-state index in [0.717, 1.165) is 6.42 Å². The van der Waals surface area contributed by atoms with Crippen molar-refractivity contribution in [2.45, 2.75) is 25.8 Å². The van der Waals surface area contributed by atoms with Gasteiger partial charge in [-0.2, -0.15) is 5.26 Å². The molecule has 1 aliphatic heterocycles. The van der Waals surface area contributed by atoms with Crippen LogP contribution in [0.4, 0.5) is 4.79 Å². The molecule has 2 unspecified atom stereocenters. The van der Waals surface area contributed by atoms with Gasteiger partial charge in [-0.1, -0.05) is 6.92 Å². The van der Waals surface area contributed by atoms with Gasteiger partial charge in [0.2, 0.25) is 0 Å². The zero-order chi connectivity index (χ0) is 15.1. The quantitative estimate of drug-likeness (QED) is 0.776. The first-order valence-corrected chi connectivity index (χ1v) is 6.72. The summed E-state index contributed by atoms with van der Waals surface area (Å²) in [6.07, 6.45) is 0.992. The van der Waals surface area contributed by atoms with Gasteiger partial charge in [0.15, 0.2) is 0 Å². The van der Waals surface area contributed by atoms with Gasteiger partial charge >= 0.3 is 12.0 Å². The first kappa shape index (κ1) is 16.2. The summed E-state index contributed by atoms with van der Waals surface area (Å²) in [4.78, 5) is 26.6. The number of amides is 2. The number of nitrogens with zero attached hydrogens (tertiary/aromatic N) is 3. The monoisotopic (exact) mass is 283 g/mol. The molecule has 112 valence electrons. The molecule has 1 fully saturated rings. The van der Waals surface area contributed by atoms with Crippen molar-refractivity contribution in [3.63, 3.8) is 0 Å². The number of carbonyl (C=O) groups is 2. The number of urea groups is 1. The van der Waals surface area contributed by atoms with E-state index in [9.17, 15) is 14.7 Å². The summed E-state index contributed by atoms with van der Waals surface area (Å²) in [7, 11) is 1.62. The van der Waals surface area contributed by atoms with Gasteiger partial charge < -0.3 is 19.6 Å². The van der Waals surface area contributed by atoms with Crippen molar-refractivity contribution >= 4 is 12.0 Å². The van der Waals surface area contributed by atoms with E-state index in [1.165, 1.54) is 4.90 Å². The zero-order valence-electron chi connectivity index (χ0n) is 11.9. The Morgan fingerprint density at radius 2 is 2.10 bits per heavy atom. The lowest BCUT2D eigenvalue weighted by Crippen LogP contribution is -2.51. The number of carboxylic acids is 1. The molecule has 0 aromatic rings. The molecule has 1 heterocycles. The predicted molar refractivity (Wildman–Crippen MR) is 71.0 cm³/mol.